The maximum Gasteiger partial charge on any atom is 0.330 e. The van der Waals surface area contributed by atoms with Crippen molar-refractivity contribution in [2.75, 3.05) is 19.8 Å². The van der Waals surface area contributed by atoms with Gasteiger partial charge in [-0.05, 0) is 12.8 Å². The van der Waals surface area contributed by atoms with Crippen molar-refractivity contribution in [1.29, 1.82) is 0 Å². The molecule has 0 saturated carbocycles. The average molecular weight is 309 g/mol. The van der Waals surface area contributed by atoms with Crippen LogP contribution in [-0.2, 0) is 14.3 Å². The van der Waals surface area contributed by atoms with Gasteiger partial charge in [0.1, 0.15) is 6.61 Å². The van der Waals surface area contributed by atoms with Gasteiger partial charge < -0.3 is 4.74 Å². The fourth-order valence-corrected chi connectivity index (χ4v) is 2.52. The summed E-state index contributed by atoms with van der Waals surface area (Å²) in [6, 6.07) is 0. The quantitative estimate of drug-likeness (QED) is 0.326. The van der Waals surface area contributed by atoms with Crippen LogP contribution in [0.1, 0.15) is 12.8 Å². The van der Waals surface area contributed by atoms with Gasteiger partial charge in [0.2, 0.25) is 11.8 Å². The van der Waals surface area contributed by atoms with E-state index in [-0.39, 0.29) is 25.0 Å². The number of hydrogen-bond acceptors (Lipinski definition) is 3. The first-order chi connectivity index (χ1) is 9.84. The van der Waals surface area contributed by atoms with Crippen molar-refractivity contribution >= 4 is 11.8 Å². The molecule has 0 aromatic rings. The van der Waals surface area contributed by atoms with Gasteiger partial charge >= 0.3 is 12.3 Å². The summed E-state index contributed by atoms with van der Waals surface area (Å²) in [7, 11) is 0. The first kappa shape index (κ1) is 15.9. The molecule has 0 radical (unpaired) electrons. The third-order valence-corrected chi connectivity index (χ3v) is 3.67. The first-order valence-electron chi connectivity index (χ1n) is 6.58. The molecule has 1 heterocycles. The molecule has 0 spiro atoms. The Morgan fingerprint density at radius 1 is 1.19 bits per heavy atom. The molecule has 21 heavy (non-hydrogen) atoms. The molecule has 2 unspecified atom stereocenters. The van der Waals surface area contributed by atoms with E-state index in [4.69, 9.17) is 0 Å². The Hall–Kier alpha value is -1.44. The molecule has 118 valence electrons. The molecule has 0 N–H and O–H groups in total. The zero-order valence-electron chi connectivity index (χ0n) is 11.1. The second-order valence-electron chi connectivity index (χ2n) is 5.10. The monoisotopic (exact) mass is 309 g/mol. The van der Waals surface area contributed by atoms with Crippen LogP contribution in [-0.4, -0.2) is 48.8 Å². The van der Waals surface area contributed by atoms with Crippen molar-refractivity contribution in [2.45, 2.75) is 25.2 Å². The second kappa shape index (κ2) is 6.13. The van der Waals surface area contributed by atoms with Gasteiger partial charge in [-0.3, -0.25) is 14.5 Å². The predicted molar refractivity (Wildman–Crippen MR) is 63.8 cm³/mol. The first-order valence-corrected chi connectivity index (χ1v) is 6.58. The van der Waals surface area contributed by atoms with Crippen LogP contribution in [0.15, 0.2) is 12.2 Å². The predicted octanol–water partition coefficient (Wildman–Crippen LogP) is 1.85. The molecule has 8 heteroatoms. The number of ether oxygens (including phenoxy) is 1. The number of imide groups is 1. The van der Waals surface area contributed by atoms with Crippen LogP contribution in [0, 0.1) is 11.8 Å². The normalized spacial score (nSPS) is 25.9. The number of hydrogen-bond donors (Lipinski definition) is 0. The lowest BCUT2D eigenvalue weighted by Crippen LogP contribution is -2.37. The molecule has 1 fully saturated rings. The molecular formula is C13H15F4NO3. The molecule has 2 aliphatic rings. The zero-order chi connectivity index (χ0) is 15.6. The van der Waals surface area contributed by atoms with E-state index >= 15 is 0 Å². The lowest BCUT2D eigenvalue weighted by atomic mass is 9.85. The van der Waals surface area contributed by atoms with Crippen molar-refractivity contribution in [2.24, 2.45) is 11.8 Å². The van der Waals surface area contributed by atoms with Crippen molar-refractivity contribution in [3.63, 3.8) is 0 Å². The number of halogens is 4. The highest BCUT2D eigenvalue weighted by Gasteiger charge is 2.47. The third kappa shape index (κ3) is 3.25. The van der Waals surface area contributed by atoms with E-state index in [9.17, 15) is 27.2 Å². The van der Waals surface area contributed by atoms with Crippen LogP contribution in [0.3, 0.4) is 0 Å². The number of carbonyl (C=O) groups excluding carboxylic acids is 2. The van der Waals surface area contributed by atoms with Gasteiger partial charge in [0.15, 0.2) is 0 Å². The number of alkyl halides is 4. The summed E-state index contributed by atoms with van der Waals surface area (Å²) in [6.07, 6.45) is 0.818. The van der Waals surface area contributed by atoms with E-state index < -0.39 is 30.8 Å². The molecular weight excluding hydrogens is 294 g/mol. The number of amides is 2. The molecule has 0 aromatic heterocycles. The number of allylic oxidation sites excluding steroid dienone is 2. The van der Waals surface area contributed by atoms with Gasteiger partial charge in [0, 0.05) is 0 Å². The van der Waals surface area contributed by atoms with Gasteiger partial charge in [0.05, 0.1) is 25.0 Å². The Balaban J connectivity index is 1.82. The molecule has 2 amide bonds. The van der Waals surface area contributed by atoms with Crippen LogP contribution < -0.4 is 0 Å². The highest BCUT2D eigenvalue weighted by molar-refractivity contribution is 6.05. The van der Waals surface area contributed by atoms with Crippen LogP contribution in [0.5, 0.6) is 0 Å². The molecule has 2 rings (SSSR count). The van der Waals surface area contributed by atoms with E-state index in [1.165, 1.54) is 0 Å². The van der Waals surface area contributed by atoms with Crippen LogP contribution in [0.2, 0.25) is 0 Å². The topological polar surface area (TPSA) is 46.6 Å². The Morgan fingerprint density at radius 2 is 1.71 bits per heavy atom. The third-order valence-electron chi connectivity index (χ3n) is 3.67. The van der Waals surface area contributed by atoms with E-state index in [0.717, 1.165) is 4.90 Å². The number of carbonyl (C=O) groups is 2. The lowest BCUT2D eigenvalue weighted by molar-refractivity contribution is -0.167. The summed E-state index contributed by atoms with van der Waals surface area (Å²) >= 11 is 0. The second-order valence-corrected chi connectivity index (χ2v) is 5.10. The zero-order valence-corrected chi connectivity index (χ0v) is 11.1. The fraction of sp³-hybridized carbons (Fsp3) is 0.692. The highest BCUT2D eigenvalue weighted by Crippen LogP contribution is 2.34. The Bertz CT molecular complexity index is 427. The van der Waals surface area contributed by atoms with Crippen molar-refractivity contribution in [3.8, 4) is 0 Å². The van der Waals surface area contributed by atoms with Gasteiger partial charge in [-0.1, -0.05) is 12.2 Å². The van der Waals surface area contributed by atoms with Gasteiger partial charge in [-0.2, -0.15) is 8.78 Å². The van der Waals surface area contributed by atoms with Crippen molar-refractivity contribution in [1.82, 2.24) is 4.90 Å². The Labute approximate surface area is 118 Å². The largest absolute Gasteiger partial charge is 0.373 e. The molecule has 0 bridgehead atoms. The molecule has 4 nitrogen and oxygen atoms in total. The summed E-state index contributed by atoms with van der Waals surface area (Å²) < 4.78 is 53.5. The SMILES string of the molecule is O=C1C2CC=CCC2C(=O)N1CCOCC(F)(F)C(F)F. The van der Waals surface area contributed by atoms with Crippen LogP contribution >= 0.6 is 0 Å². The molecule has 1 saturated heterocycles. The van der Waals surface area contributed by atoms with Crippen LogP contribution in [0.25, 0.3) is 0 Å². The van der Waals surface area contributed by atoms with E-state index in [0.29, 0.717) is 12.8 Å². The minimum absolute atomic E-state index is 0.190. The average Bonchev–Trinajstić information content (AvgIpc) is 2.68. The number of likely N-dealkylation sites (tertiary alicyclic amines) is 1. The summed E-state index contributed by atoms with van der Waals surface area (Å²) in [4.78, 5) is 25.0. The highest BCUT2D eigenvalue weighted by atomic mass is 19.3. The van der Waals surface area contributed by atoms with Gasteiger partial charge in [-0.15, -0.1) is 0 Å². The molecule has 1 aliphatic heterocycles. The van der Waals surface area contributed by atoms with Gasteiger partial charge in [-0.25, -0.2) is 8.78 Å². The fourth-order valence-electron chi connectivity index (χ4n) is 2.52. The Morgan fingerprint density at radius 3 is 2.19 bits per heavy atom. The summed E-state index contributed by atoms with van der Waals surface area (Å²) in [6.45, 7) is -2.01. The van der Waals surface area contributed by atoms with Gasteiger partial charge in [0.25, 0.3) is 0 Å². The van der Waals surface area contributed by atoms with Crippen molar-refractivity contribution in [3.05, 3.63) is 12.2 Å². The Kier molecular flexibility index (Phi) is 4.65. The van der Waals surface area contributed by atoms with E-state index in [1.54, 1.807) is 0 Å². The number of rotatable bonds is 6. The lowest BCUT2D eigenvalue weighted by Gasteiger charge is -2.17. The summed E-state index contributed by atoms with van der Waals surface area (Å²) in [5.74, 6) is -5.72. The summed E-state index contributed by atoms with van der Waals surface area (Å²) in [5.41, 5.74) is 0. The number of fused-ring (bicyclic) bond motifs is 1. The minimum atomic E-state index is -4.23. The van der Waals surface area contributed by atoms with E-state index in [2.05, 4.69) is 4.74 Å². The maximum absolute atomic E-state index is 12.6. The molecule has 0 aromatic carbocycles. The number of nitrogens with zero attached hydrogens (tertiary/aromatic N) is 1. The van der Waals surface area contributed by atoms with Crippen LogP contribution in [0.4, 0.5) is 17.6 Å². The molecule has 1 aliphatic carbocycles. The van der Waals surface area contributed by atoms with Crippen molar-refractivity contribution < 1.29 is 31.9 Å². The molecule has 2 atom stereocenters. The minimum Gasteiger partial charge on any atom is -0.373 e. The maximum atomic E-state index is 12.6. The standard InChI is InChI=1S/C13H15F4NO3/c14-12(15)13(16,17)7-21-6-5-18-10(19)8-3-1-2-4-9(8)11(18)20/h1-2,8-9,12H,3-7H2. The summed E-state index contributed by atoms with van der Waals surface area (Å²) in [5, 5.41) is 0. The van der Waals surface area contributed by atoms with E-state index in [1.807, 2.05) is 12.2 Å². The smallest absolute Gasteiger partial charge is 0.330 e.